The third-order valence-electron chi connectivity index (χ3n) is 1.56. The Balaban J connectivity index is 2.15. The second-order valence-electron chi connectivity index (χ2n) is 2.46. The SMILES string of the molecule is c1cncc(Cc2ncco2)c1. The van der Waals surface area contributed by atoms with Crippen LogP contribution in [0, 0.1) is 0 Å². The quantitative estimate of drug-likeness (QED) is 0.670. The largest absolute Gasteiger partial charge is 0.449 e. The Morgan fingerprint density at radius 1 is 1.33 bits per heavy atom. The van der Waals surface area contributed by atoms with E-state index in [0.29, 0.717) is 6.42 Å². The summed E-state index contributed by atoms with van der Waals surface area (Å²) in [6, 6.07) is 3.90. The molecule has 2 aromatic rings. The summed E-state index contributed by atoms with van der Waals surface area (Å²) in [5.41, 5.74) is 1.11. The number of rotatable bonds is 2. The summed E-state index contributed by atoms with van der Waals surface area (Å²) in [6.07, 6.45) is 7.49. The smallest absolute Gasteiger partial charge is 0.198 e. The molecular formula is C9H8N2O. The number of hydrogen-bond acceptors (Lipinski definition) is 3. The monoisotopic (exact) mass is 160 g/mol. The van der Waals surface area contributed by atoms with Gasteiger partial charge in [-0.2, -0.15) is 0 Å². The lowest BCUT2D eigenvalue weighted by Gasteiger charge is -1.93. The van der Waals surface area contributed by atoms with Gasteiger partial charge >= 0.3 is 0 Å². The molecule has 0 saturated heterocycles. The summed E-state index contributed by atoms with van der Waals surface area (Å²) >= 11 is 0. The predicted octanol–water partition coefficient (Wildman–Crippen LogP) is 1.66. The standard InChI is InChI=1S/C9H8N2O/c1-2-8(7-10-3-1)6-9-11-4-5-12-9/h1-5,7H,6H2. The summed E-state index contributed by atoms with van der Waals surface area (Å²) in [5, 5.41) is 0. The first-order valence-electron chi connectivity index (χ1n) is 3.72. The molecule has 0 aliphatic heterocycles. The number of nitrogens with zero attached hydrogens (tertiary/aromatic N) is 2. The Bertz CT molecular complexity index is 329. The van der Waals surface area contributed by atoms with E-state index in [4.69, 9.17) is 4.42 Å². The van der Waals surface area contributed by atoms with Crippen molar-refractivity contribution in [3.63, 3.8) is 0 Å². The molecule has 2 aromatic heterocycles. The van der Waals surface area contributed by atoms with E-state index in [1.54, 1.807) is 18.7 Å². The molecule has 2 rings (SSSR count). The van der Waals surface area contributed by atoms with Crippen molar-refractivity contribution in [1.82, 2.24) is 9.97 Å². The molecule has 3 nitrogen and oxygen atoms in total. The highest BCUT2D eigenvalue weighted by Gasteiger charge is 1.98. The summed E-state index contributed by atoms with van der Waals surface area (Å²) < 4.78 is 5.10. The Labute approximate surface area is 70.1 Å². The van der Waals surface area contributed by atoms with Crippen LogP contribution in [0.25, 0.3) is 0 Å². The van der Waals surface area contributed by atoms with Gasteiger partial charge in [-0.15, -0.1) is 0 Å². The predicted molar refractivity (Wildman–Crippen MR) is 43.5 cm³/mol. The van der Waals surface area contributed by atoms with Crippen LogP contribution < -0.4 is 0 Å². The van der Waals surface area contributed by atoms with Crippen molar-refractivity contribution in [2.75, 3.05) is 0 Å². The van der Waals surface area contributed by atoms with Gasteiger partial charge in [0.25, 0.3) is 0 Å². The van der Waals surface area contributed by atoms with E-state index in [0.717, 1.165) is 11.5 Å². The van der Waals surface area contributed by atoms with Crippen LogP contribution in [0.15, 0.2) is 41.4 Å². The van der Waals surface area contributed by atoms with Crippen LogP contribution >= 0.6 is 0 Å². The molecule has 0 aromatic carbocycles. The topological polar surface area (TPSA) is 38.9 Å². The zero-order valence-electron chi connectivity index (χ0n) is 6.47. The van der Waals surface area contributed by atoms with Crippen molar-refractivity contribution in [3.8, 4) is 0 Å². The molecule has 0 atom stereocenters. The highest BCUT2D eigenvalue weighted by Crippen LogP contribution is 2.04. The zero-order chi connectivity index (χ0) is 8.23. The molecule has 0 amide bonds. The normalized spacial score (nSPS) is 10.0. The van der Waals surface area contributed by atoms with Gasteiger partial charge in [-0.3, -0.25) is 4.98 Å². The van der Waals surface area contributed by atoms with Crippen LogP contribution in [0.1, 0.15) is 11.5 Å². The molecule has 0 radical (unpaired) electrons. The molecule has 3 heteroatoms. The fourth-order valence-electron chi connectivity index (χ4n) is 1.02. The van der Waals surface area contributed by atoms with Gasteiger partial charge in [-0.25, -0.2) is 4.98 Å². The van der Waals surface area contributed by atoms with E-state index in [1.807, 2.05) is 18.3 Å². The second kappa shape index (κ2) is 3.17. The van der Waals surface area contributed by atoms with Crippen molar-refractivity contribution >= 4 is 0 Å². The minimum atomic E-state index is 0.709. The molecule has 0 fully saturated rings. The molecule has 0 bridgehead atoms. The molecule has 0 aliphatic carbocycles. The lowest BCUT2D eigenvalue weighted by atomic mass is 10.2. The molecule has 12 heavy (non-hydrogen) atoms. The Morgan fingerprint density at radius 2 is 2.33 bits per heavy atom. The van der Waals surface area contributed by atoms with Gasteiger partial charge in [0.15, 0.2) is 5.89 Å². The van der Waals surface area contributed by atoms with E-state index in [-0.39, 0.29) is 0 Å². The summed E-state index contributed by atoms with van der Waals surface area (Å²) in [7, 11) is 0. The van der Waals surface area contributed by atoms with Gasteiger partial charge < -0.3 is 4.42 Å². The van der Waals surface area contributed by atoms with Gasteiger partial charge in [0.2, 0.25) is 0 Å². The third kappa shape index (κ3) is 1.50. The summed E-state index contributed by atoms with van der Waals surface area (Å²) in [4.78, 5) is 8.01. The van der Waals surface area contributed by atoms with Crippen LogP contribution in [0.4, 0.5) is 0 Å². The Morgan fingerprint density at radius 3 is 3.00 bits per heavy atom. The van der Waals surface area contributed by atoms with E-state index in [2.05, 4.69) is 9.97 Å². The number of hydrogen-bond donors (Lipinski definition) is 0. The van der Waals surface area contributed by atoms with Crippen LogP contribution in [0.2, 0.25) is 0 Å². The molecule has 2 heterocycles. The van der Waals surface area contributed by atoms with E-state index in [1.165, 1.54) is 0 Å². The molecule has 0 spiro atoms. The minimum Gasteiger partial charge on any atom is -0.449 e. The molecule has 0 aliphatic rings. The van der Waals surface area contributed by atoms with Gasteiger partial charge in [-0.1, -0.05) is 6.07 Å². The molecule has 60 valence electrons. The molecule has 0 saturated carbocycles. The van der Waals surface area contributed by atoms with E-state index < -0.39 is 0 Å². The lowest BCUT2D eigenvalue weighted by molar-refractivity contribution is 0.506. The van der Waals surface area contributed by atoms with Crippen LogP contribution in [-0.2, 0) is 6.42 Å². The van der Waals surface area contributed by atoms with Crippen molar-refractivity contribution in [3.05, 3.63) is 48.4 Å². The van der Waals surface area contributed by atoms with Gasteiger partial charge in [0.05, 0.1) is 12.6 Å². The number of aromatic nitrogens is 2. The fraction of sp³-hybridized carbons (Fsp3) is 0.111. The Hall–Kier alpha value is -1.64. The summed E-state index contributed by atoms with van der Waals surface area (Å²) in [6.45, 7) is 0. The first-order valence-corrected chi connectivity index (χ1v) is 3.72. The highest BCUT2D eigenvalue weighted by atomic mass is 16.3. The van der Waals surface area contributed by atoms with Crippen molar-refractivity contribution < 1.29 is 4.42 Å². The fourth-order valence-corrected chi connectivity index (χ4v) is 1.02. The average molecular weight is 160 g/mol. The first kappa shape index (κ1) is 7.03. The number of pyridine rings is 1. The van der Waals surface area contributed by atoms with Crippen LogP contribution in [0.3, 0.4) is 0 Å². The molecular weight excluding hydrogens is 152 g/mol. The lowest BCUT2D eigenvalue weighted by Crippen LogP contribution is -1.87. The average Bonchev–Trinajstić information content (AvgIpc) is 2.59. The maximum atomic E-state index is 5.10. The van der Waals surface area contributed by atoms with E-state index >= 15 is 0 Å². The third-order valence-corrected chi connectivity index (χ3v) is 1.56. The Kier molecular flexibility index (Phi) is 1.86. The van der Waals surface area contributed by atoms with Crippen LogP contribution in [0.5, 0.6) is 0 Å². The molecule has 0 N–H and O–H groups in total. The minimum absolute atomic E-state index is 0.709. The van der Waals surface area contributed by atoms with Gasteiger partial charge in [-0.05, 0) is 11.6 Å². The van der Waals surface area contributed by atoms with Gasteiger partial charge in [0.1, 0.15) is 6.26 Å². The van der Waals surface area contributed by atoms with E-state index in [9.17, 15) is 0 Å². The van der Waals surface area contributed by atoms with Crippen molar-refractivity contribution in [2.24, 2.45) is 0 Å². The highest BCUT2D eigenvalue weighted by molar-refractivity contribution is 5.12. The van der Waals surface area contributed by atoms with Gasteiger partial charge in [0, 0.05) is 12.4 Å². The zero-order valence-corrected chi connectivity index (χ0v) is 6.47. The maximum absolute atomic E-state index is 5.10. The molecule has 0 unspecified atom stereocenters. The maximum Gasteiger partial charge on any atom is 0.198 e. The van der Waals surface area contributed by atoms with Crippen LogP contribution in [-0.4, -0.2) is 9.97 Å². The second-order valence-corrected chi connectivity index (χ2v) is 2.46. The van der Waals surface area contributed by atoms with Crippen molar-refractivity contribution in [2.45, 2.75) is 6.42 Å². The van der Waals surface area contributed by atoms with Crippen molar-refractivity contribution in [1.29, 1.82) is 0 Å². The summed E-state index contributed by atoms with van der Waals surface area (Å²) in [5.74, 6) is 0.725. The first-order chi connectivity index (χ1) is 5.95. The number of oxazole rings is 1.